The molecule has 174 valence electrons. The zero-order valence-electron chi connectivity index (χ0n) is 19.9. The fourth-order valence-corrected chi connectivity index (χ4v) is 6.51. The van der Waals surface area contributed by atoms with E-state index in [9.17, 15) is 4.79 Å². The van der Waals surface area contributed by atoms with E-state index >= 15 is 0 Å². The minimum atomic E-state index is 0.0837. The van der Waals surface area contributed by atoms with E-state index in [-0.39, 0.29) is 11.9 Å². The summed E-state index contributed by atoms with van der Waals surface area (Å²) in [5.41, 5.74) is 1.99. The second-order valence-corrected chi connectivity index (χ2v) is 10.6. The van der Waals surface area contributed by atoms with Gasteiger partial charge in [-0.05, 0) is 81.9 Å². The van der Waals surface area contributed by atoms with Crippen LogP contribution in [0.4, 0.5) is 5.69 Å². The average molecular weight is 477 g/mol. The summed E-state index contributed by atoms with van der Waals surface area (Å²) in [6.45, 7) is 2.28. The number of amides is 1. The summed E-state index contributed by atoms with van der Waals surface area (Å²) in [7, 11) is 0. The van der Waals surface area contributed by atoms with Crippen molar-refractivity contribution in [1.29, 1.82) is 0 Å². The zero-order valence-corrected chi connectivity index (χ0v) is 20.7. The number of benzene rings is 4. The molecule has 2 atom stereocenters. The number of hydrogen-bond acceptors (Lipinski definition) is 3. The number of fused-ring (bicyclic) bond motifs is 2. The van der Waals surface area contributed by atoms with Crippen LogP contribution in [0.2, 0.25) is 0 Å². The van der Waals surface area contributed by atoms with Crippen LogP contribution in [0.5, 0.6) is 0 Å². The van der Waals surface area contributed by atoms with Gasteiger partial charge >= 0.3 is 0 Å². The third-order valence-electron chi connectivity index (χ3n) is 7.30. The molecule has 4 heteroatoms. The second kappa shape index (κ2) is 9.35. The Hall–Kier alpha value is -3.37. The monoisotopic (exact) mass is 476 g/mol. The highest BCUT2D eigenvalue weighted by molar-refractivity contribution is 8.18. The van der Waals surface area contributed by atoms with Crippen molar-refractivity contribution < 1.29 is 4.79 Å². The van der Waals surface area contributed by atoms with Crippen LogP contribution in [-0.2, 0) is 4.79 Å². The molecule has 0 bridgehead atoms. The summed E-state index contributed by atoms with van der Waals surface area (Å²) in [5, 5.41) is 5.50. The van der Waals surface area contributed by atoms with Crippen LogP contribution in [0.3, 0.4) is 0 Å². The van der Waals surface area contributed by atoms with E-state index in [1.54, 1.807) is 0 Å². The topological polar surface area (TPSA) is 32.7 Å². The lowest BCUT2D eigenvalue weighted by molar-refractivity contribution is -0.124. The van der Waals surface area contributed by atoms with Crippen LogP contribution in [0, 0.1) is 5.92 Å². The van der Waals surface area contributed by atoms with E-state index < -0.39 is 0 Å². The molecule has 1 saturated carbocycles. The Kier molecular flexibility index (Phi) is 5.91. The maximum atomic E-state index is 14.0. The van der Waals surface area contributed by atoms with E-state index in [1.807, 2.05) is 35.2 Å². The van der Waals surface area contributed by atoms with Gasteiger partial charge in [-0.2, -0.15) is 0 Å². The van der Waals surface area contributed by atoms with Crippen molar-refractivity contribution in [1.82, 2.24) is 4.90 Å². The number of carbonyl (C=O) groups excluding carboxylic acids is 1. The first-order valence-corrected chi connectivity index (χ1v) is 13.3. The van der Waals surface area contributed by atoms with Gasteiger partial charge in [0.25, 0.3) is 5.91 Å². The van der Waals surface area contributed by atoms with E-state index in [0.717, 1.165) is 51.4 Å². The lowest BCUT2D eigenvalue weighted by Crippen LogP contribution is -2.44. The molecule has 2 fully saturated rings. The molecule has 1 saturated heterocycles. The highest BCUT2D eigenvalue weighted by atomic mass is 32.2. The van der Waals surface area contributed by atoms with Gasteiger partial charge in [-0.1, -0.05) is 86.5 Å². The first-order valence-electron chi connectivity index (χ1n) is 12.5. The molecule has 4 aromatic carbocycles. The molecule has 0 N–H and O–H groups in total. The third kappa shape index (κ3) is 4.17. The zero-order chi connectivity index (χ0) is 23.8. The van der Waals surface area contributed by atoms with E-state index in [1.165, 1.54) is 29.0 Å². The third-order valence-corrected chi connectivity index (χ3v) is 8.29. The average Bonchev–Trinajstić information content (AvgIpc) is 3.19. The Balaban J connectivity index is 1.51. The first-order chi connectivity index (χ1) is 17.2. The van der Waals surface area contributed by atoms with Gasteiger partial charge in [0.2, 0.25) is 0 Å². The Labute approximate surface area is 210 Å². The van der Waals surface area contributed by atoms with Gasteiger partial charge in [0.05, 0.1) is 10.6 Å². The molecule has 0 radical (unpaired) electrons. The quantitative estimate of drug-likeness (QED) is 0.221. The van der Waals surface area contributed by atoms with Crippen LogP contribution < -0.4 is 0 Å². The van der Waals surface area contributed by atoms with Crippen molar-refractivity contribution in [3.63, 3.8) is 0 Å². The number of hydrogen-bond donors (Lipinski definition) is 0. The van der Waals surface area contributed by atoms with Crippen molar-refractivity contribution in [2.75, 3.05) is 0 Å². The molecular weight excluding hydrogens is 448 g/mol. The predicted molar refractivity (Wildman–Crippen MR) is 149 cm³/mol. The van der Waals surface area contributed by atoms with Gasteiger partial charge in [-0.25, -0.2) is 4.99 Å². The summed E-state index contributed by atoms with van der Waals surface area (Å²) < 4.78 is 0. The largest absolute Gasteiger partial charge is 0.283 e. The molecule has 0 aromatic heterocycles. The number of carbonyl (C=O) groups is 1. The molecule has 1 aliphatic carbocycles. The molecular formula is C31H28N2OS. The van der Waals surface area contributed by atoms with E-state index in [2.05, 4.69) is 67.6 Å². The Bertz CT molecular complexity index is 1420. The molecule has 0 unspecified atom stereocenters. The summed E-state index contributed by atoms with van der Waals surface area (Å²) in [6, 6.07) is 29.3. The maximum Gasteiger partial charge on any atom is 0.267 e. The number of amidine groups is 1. The molecule has 0 spiro atoms. The Morgan fingerprint density at radius 3 is 2.17 bits per heavy atom. The van der Waals surface area contributed by atoms with Gasteiger partial charge in [-0.15, -0.1) is 0 Å². The van der Waals surface area contributed by atoms with Gasteiger partial charge in [-0.3, -0.25) is 9.69 Å². The summed E-state index contributed by atoms with van der Waals surface area (Å²) in [4.78, 5) is 21.7. The standard InChI is InChI=1S/C31H28N2OS/c1-21-11-5-10-18-28(21)33-30(34)29(35-31(33)32-24-14-3-2-4-15-24)20-27-25-16-8-6-12-22(25)19-23-13-7-9-17-26(23)27/h2-4,6-9,12-17,19-21,28H,5,10-11,18H2,1H3/b29-20-,32-31?/t21-,28+/m1/s1. The van der Waals surface area contributed by atoms with Crippen molar-refractivity contribution in [3.05, 3.63) is 95.4 Å². The number of thioether (sulfide) groups is 1. The van der Waals surface area contributed by atoms with E-state index in [0.29, 0.717) is 5.92 Å². The van der Waals surface area contributed by atoms with Gasteiger partial charge in [0.1, 0.15) is 0 Å². The second-order valence-electron chi connectivity index (χ2n) is 9.58. The Morgan fingerprint density at radius 2 is 1.49 bits per heavy atom. The molecule has 1 amide bonds. The molecule has 4 aromatic rings. The molecule has 2 aliphatic rings. The van der Waals surface area contributed by atoms with Crippen LogP contribution >= 0.6 is 11.8 Å². The summed E-state index contributed by atoms with van der Waals surface area (Å²) in [5.74, 6) is 0.549. The first kappa shape index (κ1) is 22.1. The van der Waals surface area contributed by atoms with Crippen LogP contribution in [-0.4, -0.2) is 22.0 Å². The molecule has 1 heterocycles. The van der Waals surface area contributed by atoms with Crippen LogP contribution in [0.1, 0.15) is 38.2 Å². The van der Waals surface area contributed by atoms with Gasteiger partial charge < -0.3 is 0 Å². The van der Waals surface area contributed by atoms with Crippen molar-refractivity contribution >= 4 is 56.1 Å². The lowest BCUT2D eigenvalue weighted by Gasteiger charge is -2.35. The highest BCUT2D eigenvalue weighted by Gasteiger charge is 2.41. The lowest BCUT2D eigenvalue weighted by atomic mass is 9.85. The minimum Gasteiger partial charge on any atom is -0.283 e. The van der Waals surface area contributed by atoms with Crippen molar-refractivity contribution in [2.24, 2.45) is 10.9 Å². The molecule has 1 aliphatic heterocycles. The molecule has 6 rings (SSSR count). The highest BCUT2D eigenvalue weighted by Crippen LogP contribution is 2.41. The van der Waals surface area contributed by atoms with Crippen molar-refractivity contribution in [2.45, 2.75) is 38.6 Å². The maximum absolute atomic E-state index is 14.0. The Morgan fingerprint density at radius 1 is 0.857 bits per heavy atom. The van der Waals surface area contributed by atoms with Crippen LogP contribution in [0.25, 0.3) is 27.6 Å². The fourth-order valence-electron chi connectivity index (χ4n) is 5.49. The normalized spacial score (nSPS) is 23.1. The number of para-hydroxylation sites is 1. The fraction of sp³-hybridized carbons (Fsp3) is 0.226. The minimum absolute atomic E-state index is 0.0837. The summed E-state index contributed by atoms with van der Waals surface area (Å²) >= 11 is 1.52. The molecule has 35 heavy (non-hydrogen) atoms. The molecule has 3 nitrogen and oxygen atoms in total. The number of nitrogens with zero attached hydrogens (tertiary/aromatic N) is 2. The smallest absolute Gasteiger partial charge is 0.267 e. The number of aliphatic imine (C=N–C) groups is 1. The SMILES string of the molecule is C[C@@H]1CCCC[C@@H]1N1C(=O)/C(=C/c2c3ccccc3cc3ccccc23)SC1=Nc1ccccc1. The predicted octanol–water partition coefficient (Wildman–Crippen LogP) is 8.18. The van der Waals surface area contributed by atoms with Gasteiger partial charge in [0.15, 0.2) is 5.17 Å². The number of rotatable bonds is 3. The van der Waals surface area contributed by atoms with Crippen molar-refractivity contribution in [3.8, 4) is 0 Å². The van der Waals surface area contributed by atoms with Gasteiger partial charge in [0, 0.05) is 6.04 Å². The van der Waals surface area contributed by atoms with Crippen LogP contribution in [0.15, 0.2) is 94.8 Å². The van der Waals surface area contributed by atoms with E-state index in [4.69, 9.17) is 4.99 Å². The summed E-state index contributed by atoms with van der Waals surface area (Å²) in [6.07, 6.45) is 6.69.